The Kier molecular flexibility index (Phi) is 8.46. The van der Waals surface area contributed by atoms with Gasteiger partial charge in [0.15, 0.2) is 5.96 Å². The summed E-state index contributed by atoms with van der Waals surface area (Å²) in [5, 5.41) is 15.9. The molecule has 0 spiro atoms. The maximum atomic E-state index is 9.28. The van der Waals surface area contributed by atoms with E-state index >= 15 is 0 Å². The van der Waals surface area contributed by atoms with Crippen molar-refractivity contribution >= 4 is 5.96 Å². The minimum absolute atomic E-state index is 0.316. The molecule has 2 rings (SSSR count). The lowest BCUT2D eigenvalue weighted by Crippen LogP contribution is -2.38. The standard InChI is InChI=1S/C19H31N3O2/c1-2-20-19(22-13-4-14-24-15-17-6-7-17)21-12-3-5-16-8-10-18(23)11-9-16/h8-11,17,23H,2-7,12-15H2,1H3,(H2,20,21,22). The van der Waals surface area contributed by atoms with E-state index in [2.05, 4.69) is 22.5 Å². The van der Waals surface area contributed by atoms with Gasteiger partial charge in [0.2, 0.25) is 0 Å². The van der Waals surface area contributed by atoms with Crippen molar-refractivity contribution in [1.82, 2.24) is 10.6 Å². The number of aromatic hydroxyl groups is 1. The summed E-state index contributed by atoms with van der Waals surface area (Å²) in [6, 6.07) is 7.39. The van der Waals surface area contributed by atoms with Crippen LogP contribution in [-0.4, -0.2) is 43.9 Å². The summed E-state index contributed by atoms with van der Waals surface area (Å²) in [7, 11) is 0. The number of hydrogen-bond donors (Lipinski definition) is 3. The number of aliphatic imine (C=N–C) groups is 1. The second-order valence-electron chi connectivity index (χ2n) is 6.33. The zero-order valence-electron chi connectivity index (χ0n) is 14.8. The van der Waals surface area contributed by atoms with Crippen LogP contribution in [0.15, 0.2) is 29.3 Å². The zero-order chi connectivity index (χ0) is 17.0. The fourth-order valence-electron chi connectivity index (χ4n) is 2.39. The quantitative estimate of drug-likeness (QED) is 0.331. The van der Waals surface area contributed by atoms with E-state index in [1.54, 1.807) is 12.1 Å². The average molecular weight is 333 g/mol. The lowest BCUT2D eigenvalue weighted by Gasteiger charge is -2.11. The van der Waals surface area contributed by atoms with Crippen LogP contribution in [-0.2, 0) is 11.2 Å². The highest BCUT2D eigenvalue weighted by Gasteiger charge is 2.20. The van der Waals surface area contributed by atoms with E-state index in [1.165, 1.54) is 18.4 Å². The number of phenolic OH excluding ortho intramolecular Hbond substituents is 1. The summed E-state index contributed by atoms with van der Waals surface area (Å²) in [6.07, 6.45) is 5.66. The molecule has 134 valence electrons. The van der Waals surface area contributed by atoms with E-state index in [-0.39, 0.29) is 0 Å². The first-order valence-corrected chi connectivity index (χ1v) is 9.15. The number of nitrogens with one attached hydrogen (secondary N) is 2. The Balaban J connectivity index is 1.57. The van der Waals surface area contributed by atoms with Crippen molar-refractivity contribution in [3.05, 3.63) is 29.8 Å². The molecule has 0 aromatic heterocycles. The molecule has 0 bridgehead atoms. The van der Waals surface area contributed by atoms with Gasteiger partial charge in [-0.3, -0.25) is 4.99 Å². The second-order valence-corrected chi connectivity index (χ2v) is 6.33. The minimum atomic E-state index is 0.316. The first-order valence-electron chi connectivity index (χ1n) is 9.15. The summed E-state index contributed by atoms with van der Waals surface area (Å²) in [5.74, 6) is 2.03. The van der Waals surface area contributed by atoms with Gasteiger partial charge in [-0.25, -0.2) is 0 Å². The van der Waals surface area contributed by atoms with Gasteiger partial charge >= 0.3 is 0 Å². The van der Waals surface area contributed by atoms with Crippen LogP contribution in [0.4, 0.5) is 0 Å². The molecule has 0 aliphatic heterocycles. The average Bonchev–Trinajstić information content (AvgIpc) is 3.40. The fourth-order valence-corrected chi connectivity index (χ4v) is 2.39. The predicted octanol–water partition coefficient (Wildman–Crippen LogP) is 2.70. The molecular formula is C19H31N3O2. The summed E-state index contributed by atoms with van der Waals surface area (Å²) in [5.41, 5.74) is 1.23. The van der Waals surface area contributed by atoms with Crippen LogP contribution in [0.3, 0.4) is 0 Å². The maximum absolute atomic E-state index is 9.28. The molecule has 1 aliphatic carbocycles. The smallest absolute Gasteiger partial charge is 0.191 e. The van der Waals surface area contributed by atoms with Crippen LogP contribution < -0.4 is 10.6 Å². The van der Waals surface area contributed by atoms with Crippen LogP contribution >= 0.6 is 0 Å². The Labute approximate surface area is 145 Å². The lowest BCUT2D eigenvalue weighted by atomic mass is 10.1. The van der Waals surface area contributed by atoms with Crippen molar-refractivity contribution in [3.63, 3.8) is 0 Å². The Hall–Kier alpha value is -1.75. The largest absolute Gasteiger partial charge is 0.508 e. The van der Waals surface area contributed by atoms with Crippen LogP contribution in [0.1, 0.15) is 38.2 Å². The summed E-state index contributed by atoms with van der Waals surface area (Å²) in [6.45, 7) is 6.37. The number of ether oxygens (including phenoxy) is 1. The third-order valence-corrected chi connectivity index (χ3v) is 3.98. The van der Waals surface area contributed by atoms with Crippen molar-refractivity contribution in [1.29, 1.82) is 0 Å². The van der Waals surface area contributed by atoms with Gasteiger partial charge in [-0.05, 0) is 62.6 Å². The predicted molar refractivity (Wildman–Crippen MR) is 98.6 cm³/mol. The molecule has 1 aliphatic rings. The van der Waals surface area contributed by atoms with Crippen molar-refractivity contribution in [3.8, 4) is 5.75 Å². The number of aryl methyl sites for hydroxylation is 1. The maximum Gasteiger partial charge on any atom is 0.191 e. The molecular weight excluding hydrogens is 302 g/mol. The van der Waals surface area contributed by atoms with Crippen LogP contribution in [0.2, 0.25) is 0 Å². The van der Waals surface area contributed by atoms with E-state index in [0.717, 1.165) is 64.0 Å². The molecule has 0 unspecified atom stereocenters. The van der Waals surface area contributed by atoms with E-state index in [1.807, 2.05) is 12.1 Å². The molecule has 0 saturated heterocycles. The number of benzene rings is 1. The van der Waals surface area contributed by atoms with Gasteiger partial charge < -0.3 is 20.5 Å². The number of nitrogens with zero attached hydrogens (tertiary/aromatic N) is 1. The lowest BCUT2D eigenvalue weighted by molar-refractivity contribution is 0.123. The molecule has 1 aromatic rings. The van der Waals surface area contributed by atoms with Crippen molar-refractivity contribution in [2.24, 2.45) is 10.9 Å². The SMILES string of the molecule is CCNC(=NCCCc1ccc(O)cc1)NCCCOCC1CC1. The van der Waals surface area contributed by atoms with E-state index < -0.39 is 0 Å². The molecule has 1 fully saturated rings. The monoisotopic (exact) mass is 333 g/mol. The van der Waals surface area contributed by atoms with Gasteiger partial charge in [0.1, 0.15) is 5.75 Å². The first kappa shape index (κ1) is 18.6. The van der Waals surface area contributed by atoms with Crippen LogP contribution in [0.5, 0.6) is 5.75 Å². The van der Waals surface area contributed by atoms with Crippen molar-refractivity contribution < 1.29 is 9.84 Å². The highest BCUT2D eigenvalue weighted by Crippen LogP contribution is 2.28. The third-order valence-electron chi connectivity index (χ3n) is 3.98. The first-order chi connectivity index (χ1) is 11.8. The minimum Gasteiger partial charge on any atom is -0.508 e. The zero-order valence-corrected chi connectivity index (χ0v) is 14.8. The molecule has 0 heterocycles. The van der Waals surface area contributed by atoms with E-state index in [9.17, 15) is 5.11 Å². The van der Waals surface area contributed by atoms with E-state index in [0.29, 0.717) is 5.75 Å². The van der Waals surface area contributed by atoms with Gasteiger partial charge in [-0.2, -0.15) is 0 Å². The van der Waals surface area contributed by atoms with Crippen LogP contribution in [0, 0.1) is 5.92 Å². The molecule has 24 heavy (non-hydrogen) atoms. The highest BCUT2D eigenvalue weighted by molar-refractivity contribution is 5.79. The molecule has 0 amide bonds. The number of guanidine groups is 1. The number of rotatable bonds is 11. The molecule has 1 saturated carbocycles. The molecule has 3 N–H and O–H groups in total. The molecule has 5 nitrogen and oxygen atoms in total. The van der Waals surface area contributed by atoms with Crippen molar-refractivity contribution in [2.75, 3.05) is 32.8 Å². The molecule has 5 heteroatoms. The second kappa shape index (κ2) is 10.9. The summed E-state index contributed by atoms with van der Waals surface area (Å²) >= 11 is 0. The Morgan fingerprint density at radius 3 is 2.71 bits per heavy atom. The number of phenols is 1. The van der Waals surface area contributed by atoms with Gasteiger partial charge in [0, 0.05) is 32.8 Å². The Morgan fingerprint density at radius 1 is 1.21 bits per heavy atom. The normalized spacial score (nSPS) is 14.6. The van der Waals surface area contributed by atoms with Gasteiger partial charge in [-0.15, -0.1) is 0 Å². The Morgan fingerprint density at radius 2 is 2.00 bits per heavy atom. The fraction of sp³-hybridized carbons (Fsp3) is 0.632. The molecule has 0 radical (unpaired) electrons. The van der Waals surface area contributed by atoms with Gasteiger partial charge in [-0.1, -0.05) is 12.1 Å². The summed E-state index contributed by atoms with van der Waals surface area (Å²) < 4.78 is 5.64. The topological polar surface area (TPSA) is 65.9 Å². The van der Waals surface area contributed by atoms with Crippen molar-refractivity contribution in [2.45, 2.75) is 39.0 Å². The Bertz CT molecular complexity index is 484. The number of hydrogen-bond acceptors (Lipinski definition) is 3. The third kappa shape index (κ3) is 8.20. The highest BCUT2D eigenvalue weighted by atomic mass is 16.5. The van der Waals surface area contributed by atoms with Crippen LogP contribution in [0.25, 0.3) is 0 Å². The van der Waals surface area contributed by atoms with Gasteiger partial charge in [0.25, 0.3) is 0 Å². The molecule has 0 atom stereocenters. The summed E-state index contributed by atoms with van der Waals surface area (Å²) in [4.78, 5) is 4.61. The van der Waals surface area contributed by atoms with Gasteiger partial charge in [0.05, 0.1) is 0 Å². The van der Waals surface area contributed by atoms with E-state index in [4.69, 9.17) is 4.74 Å². The molecule has 1 aromatic carbocycles.